The van der Waals surface area contributed by atoms with Crippen LogP contribution in [-0.4, -0.2) is 21.8 Å². The SMILES string of the molecule is CC(C)(C)ONC1(C)CCCC1(C)O. The molecule has 0 aromatic rings. The molecule has 3 nitrogen and oxygen atoms in total. The van der Waals surface area contributed by atoms with Gasteiger partial charge in [0.15, 0.2) is 0 Å². The molecule has 0 radical (unpaired) electrons. The molecule has 0 aliphatic heterocycles. The molecule has 0 amide bonds. The average molecular weight is 201 g/mol. The third-order valence-electron chi connectivity index (χ3n) is 3.11. The van der Waals surface area contributed by atoms with Gasteiger partial charge in [-0.1, -0.05) is 0 Å². The fraction of sp³-hybridized carbons (Fsp3) is 1.00. The van der Waals surface area contributed by atoms with Gasteiger partial charge in [0.25, 0.3) is 0 Å². The van der Waals surface area contributed by atoms with Gasteiger partial charge in [-0.3, -0.25) is 4.84 Å². The molecule has 1 saturated carbocycles. The zero-order chi connectivity index (χ0) is 11.0. The predicted octanol–water partition coefficient (Wildman–Crippen LogP) is 2.00. The average Bonchev–Trinajstić information content (AvgIpc) is 2.23. The lowest BCUT2D eigenvalue weighted by Crippen LogP contribution is -2.57. The molecule has 0 spiro atoms. The van der Waals surface area contributed by atoms with Gasteiger partial charge in [-0.05, 0) is 53.9 Å². The van der Waals surface area contributed by atoms with Gasteiger partial charge in [-0.25, -0.2) is 0 Å². The molecule has 0 saturated heterocycles. The number of hydrogen-bond donors (Lipinski definition) is 2. The van der Waals surface area contributed by atoms with Crippen LogP contribution in [0, 0.1) is 0 Å². The third kappa shape index (κ3) is 2.47. The lowest BCUT2D eigenvalue weighted by atomic mass is 9.87. The van der Waals surface area contributed by atoms with E-state index in [0.29, 0.717) is 0 Å². The first-order valence-corrected chi connectivity index (χ1v) is 5.34. The summed E-state index contributed by atoms with van der Waals surface area (Å²) in [6.45, 7) is 9.87. The number of nitrogens with one attached hydrogen (secondary N) is 1. The molecule has 0 bridgehead atoms. The second kappa shape index (κ2) is 3.47. The Morgan fingerprint density at radius 2 is 1.79 bits per heavy atom. The zero-order valence-corrected chi connectivity index (χ0v) is 9.98. The van der Waals surface area contributed by atoms with Gasteiger partial charge in [-0.15, -0.1) is 0 Å². The monoisotopic (exact) mass is 201 g/mol. The van der Waals surface area contributed by atoms with E-state index in [9.17, 15) is 5.11 Å². The van der Waals surface area contributed by atoms with Crippen LogP contribution < -0.4 is 5.48 Å². The maximum absolute atomic E-state index is 10.2. The first-order valence-electron chi connectivity index (χ1n) is 5.34. The maximum Gasteiger partial charge on any atom is 0.0820 e. The van der Waals surface area contributed by atoms with E-state index < -0.39 is 5.60 Å². The predicted molar refractivity (Wildman–Crippen MR) is 56.9 cm³/mol. The summed E-state index contributed by atoms with van der Waals surface area (Å²) in [5, 5.41) is 10.2. The molecule has 1 rings (SSSR count). The minimum Gasteiger partial charge on any atom is -0.388 e. The Morgan fingerprint density at radius 1 is 1.21 bits per heavy atom. The summed E-state index contributed by atoms with van der Waals surface area (Å²) in [5.74, 6) is 0. The fourth-order valence-electron chi connectivity index (χ4n) is 1.76. The minimum absolute atomic E-state index is 0.221. The summed E-state index contributed by atoms with van der Waals surface area (Å²) in [7, 11) is 0. The standard InChI is InChI=1S/C11H23NO2/c1-9(2,3)14-12-10(4)7-6-8-11(10,5)13/h12-13H,6-8H2,1-5H3. The van der Waals surface area contributed by atoms with E-state index in [1.54, 1.807) is 0 Å². The lowest BCUT2D eigenvalue weighted by molar-refractivity contribution is -0.149. The Bertz CT molecular complexity index is 208. The van der Waals surface area contributed by atoms with Gasteiger partial charge < -0.3 is 5.11 Å². The number of aliphatic hydroxyl groups is 1. The molecule has 0 aromatic heterocycles. The van der Waals surface area contributed by atoms with Crippen molar-refractivity contribution < 1.29 is 9.94 Å². The molecular weight excluding hydrogens is 178 g/mol. The fourth-order valence-corrected chi connectivity index (χ4v) is 1.76. The van der Waals surface area contributed by atoms with Gasteiger partial charge in [0.1, 0.15) is 0 Å². The van der Waals surface area contributed by atoms with Crippen molar-refractivity contribution >= 4 is 0 Å². The summed E-state index contributed by atoms with van der Waals surface area (Å²) >= 11 is 0. The molecule has 1 aliphatic rings. The molecule has 0 aromatic carbocycles. The molecule has 14 heavy (non-hydrogen) atoms. The molecule has 1 fully saturated rings. The van der Waals surface area contributed by atoms with Crippen LogP contribution in [0.2, 0.25) is 0 Å². The van der Waals surface area contributed by atoms with Crippen LogP contribution >= 0.6 is 0 Å². The topological polar surface area (TPSA) is 41.5 Å². The highest BCUT2D eigenvalue weighted by Crippen LogP contribution is 2.38. The molecule has 84 valence electrons. The molecule has 2 N–H and O–H groups in total. The zero-order valence-electron chi connectivity index (χ0n) is 9.98. The van der Waals surface area contributed by atoms with E-state index in [2.05, 4.69) is 5.48 Å². The lowest BCUT2D eigenvalue weighted by Gasteiger charge is -2.39. The van der Waals surface area contributed by atoms with Crippen molar-refractivity contribution in [2.24, 2.45) is 0 Å². The van der Waals surface area contributed by atoms with E-state index in [4.69, 9.17) is 4.84 Å². The van der Waals surface area contributed by atoms with Crippen LogP contribution in [0.25, 0.3) is 0 Å². The summed E-state index contributed by atoms with van der Waals surface area (Å²) < 4.78 is 0. The summed E-state index contributed by atoms with van der Waals surface area (Å²) in [6.07, 6.45) is 2.84. The van der Waals surface area contributed by atoms with Gasteiger partial charge >= 0.3 is 0 Å². The summed E-state index contributed by atoms with van der Waals surface area (Å²) in [4.78, 5) is 5.54. The van der Waals surface area contributed by atoms with Crippen molar-refractivity contribution in [1.82, 2.24) is 5.48 Å². The Morgan fingerprint density at radius 3 is 2.14 bits per heavy atom. The van der Waals surface area contributed by atoms with Crippen molar-refractivity contribution in [2.45, 2.75) is 70.6 Å². The Balaban J connectivity index is 2.58. The highest BCUT2D eigenvalue weighted by molar-refractivity contribution is 5.03. The van der Waals surface area contributed by atoms with Crippen LogP contribution in [0.5, 0.6) is 0 Å². The molecular formula is C11H23NO2. The van der Waals surface area contributed by atoms with Gasteiger partial charge in [-0.2, -0.15) is 5.48 Å². The Hall–Kier alpha value is -0.120. The first kappa shape index (κ1) is 12.0. The number of hydrogen-bond acceptors (Lipinski definition) is 3. The molecule has 3 heteroatoms. The van der Waals surface area contributed by atoms with Gasteiger partial charge in [0.2, 0.25) is 0 Å². The van der Waals surface area contributed by atoms with Crippen LogP contribution in [0.1, 0.15) is 53.9 Å². The van der Waals surface area contributed by atoms with Crippen LogP contribution in [0.3, 0.4) is 0 Å². The van der Waals surface area contributed by atoms with Gasteiger partial charge in [0.05, 0.1) is 16.7 Å². The maximum atomic E-state index is 10.2. The van der Waals surface area contributed by atoms with E-state index in [1.165, 1.54) is 0 Å². The van der Waals surface area contributed by atoms with Crippen molar-refractivity contribution in [1.29, 1.82) is 0 Å². The second-order valence-electron chi connectivity index (χ2n) is 5.78. The number of hydroxylamine groups is 1. The van der Waals surface area contributed by atoms with Crippen molar-refractivity contribution in [3.8, 4) is 0 Å². The van der Waals surface area contributed by atoms with E-state index in [1.807, 2.05) is 34.6 Å². The van der Waals surface area contributed by atoms with Crippen molar-refractivity contribution in [3.05, 3.63) is 0 Å². The van der Waals surface area contributed by atoms with Crippen molar-refractivity contribution in [3.63, 3.8) is 0 Å². The van der Waals surface area contributed by atoms with E-state index in [0.717, 1.165) is 19.3 Å². The number of rotatable bonds is 2. The minimum atomic E-state index is -0.668. The summed E-state index contributed by atoms with van der Waals surface area (Å²) in [6, 6.07) is 0. The largest absolute Gasteiger partial charge is 0.388 e. The van der Waals surface area contributed by atoms with Crippen LogP contribution in [-0.2, 0) is 4.84 Å². The first-order chi connectivity index (χ1) is 6.16. The van der Waals surface area contributed by atoms with Crippen molar-refractivity contribution in [2.75, 3.05) is 0 Å². The van der Waals surface area contributed by atoms with Crippen LogP contribution in [0.15, 0.2) is 0 Å². The Kier molecular flexibility index (Phi) is 2.96. The highest BCUT2D eigenvalue weighted by Gasteiger charge is 2.48. The molecule has 1 aliphatic carbocycles. The van der Waals surface area contributed by atoms with E-state index >= 15 is 0 Å². The molecule has 2 atom stereocenters. The van der Waals surface area contributed by atoms with E-state index in [-0.39, 0.29) is 11.1 Å². The molecule has 0 heterocycles. The van der Waals surface area contributed by atoms with Crippen LogP contribution in [0.4, 0.5) is 0 Å². The smallest absolute Gasteiger partial charge is 0.0820 e. The normalized spacial score (nSPS) is 39.0. The van der Waals surface area contributed by atoms with Gasteiger partial charge in [0, 0.05) is 0 Å². The third-order valence-corrected chi connectivity index (χ3v) is 3.11. The second-order valence-corrected chi connectivity index (χ2v) is 5.78. The molecule has 2 unspecified atom stereocenters. The Labute approximate surface area is 86.8 Å². The highest BCUT2D eigenvalue weighted by atomic mass is 16.7. The summed E-state index contributed by atoms with van der Waals surface area (Å²) in [5.41, 5.74) is 1.83. The quantitative estimate of drug-likeness (QED) is 0.671.